The smallest absolute Gasteiger partial charge is 0.257 e. The van der Waals surface area contributed by atoms with E-state index in [0.717, 1.165) is 5.69 Å². The van der Waals surface area contributed by atoms with E-state index in [-0.39, 0.29) is 11.4 Å². The lowest BCUT2D eigenvalue weighted by Crippen LogP contribution is -2.42. The number of carbonyl (C=O) groups is 1. The molecule has 0 spiro atoms. The molecule has 1 aromatic carbocycles. The van der Waals surface area contributed by atoms with Gasteiger partial charge < -0.3 is 4.90 Å². The quantitative estimate of drug-likeness (QED) is 0.829. The predicted molar refractivity (Wildman–Crippen MR) is 75.4 cm³/mol. The third-order valence-corrected chi connectivity index (χ3v) is 3.16. The summed E-state index contributed by atoms with van der Waals surface area (Å²) in [5, 5.41) is 4.24. The molecule has 0 fully saturated rings. The summed E-state index contributed by atoms with van der Waals surface area (Å²) in [4.78, 5) is 14.0. The van der Waals surface area contributed by atoms with Crippen molar-refractivity contribution in [3.63, 3.8) is 0 Å². The van der Waals surface area contributed by atoms with Crippen LogP contribution in [0.25, 0.3) is 5.69 Å². The Morgan fingerprint density at radius 2 is 1.84 bits per heavy atom. The maximum atomic E-state index is 12.3. The lowest BCUT2D eigenvalue weighted by Gasteiger charge is -2.31. The number of hydrogen-bond donors (Lipinski definition) is 0. The zero-order valence-electron chi connectivity index (χ0n) is 11.8. The molecule has 0 N–H and O–H groups in total. The summed E-state index contributed by atoms with van der Waals surface area (Å²) in [7, 11) is 1.81. The zero-order valence-corrected chi connectivity index (χ0v) is 11.8. The highest BCUT2D eigenvalue weighted by atomic mass is 16.2. The van der Waals surface area contributed by atoms with Crippen LogP contribution in [0.1, 0.15) is 31.1 Å². The van der Waals surface area contributed by atoms with E-state index in [0.29, 0.717) is 5.56 Å². The van der Waals surface area contributed by atoms with Gasteiger partial charge in [0.05, 0.1) is 17.4 Å². The van der Waals surface area contributed by atoms with Crippen LogP contribution in [0.4, 0.5) is 0 Å². The van der Waals surface area contributed by atoms with Crippen molar-refractivity contribution >= 4 is 5.91 Å². The van der Waals surface area contributed by atoms with E-state index in [1.165, 1.54) is 0 Å². The van der Waals surface area contributed by atoms with Crippen LogP contribution in [0.5, 0.6) is 0 Å². The summed E-state index contributed by atoms with van der Waals surface area (Å²) in [6.07, 6.45) is 3.37. The van der Waals surface area contributed by atoms with E-state index in [9.17, 15) is 4.79 Å². The van der Waals surface area contributed by atoms with Gasteiger partial charge in [0.25, 0.3) is 5.91 Å². The van der Waals surface area contributed by atoms with Crippen LogP contribution in [-0.4, -0.2) is 33.2 Å². The average molecular weight is 257 g/mol. The third-order valence-electron chi connectivity index (χ3n) is 3.16. The fraction of sp³-hybridized carbons (Fsp3) is 0.333. The number of nitrogens with zero attached hydrogens (tertiary/aromatic N) is 3. The molecule has 0 saturated carbocycles. The molecule has 0 aliphatic rings. The lowest BCUT2D eigenvalue weighted by atomic mass is 10.1. The molecule has 0 aliphatic heterocycles. The number of amides is 1. The van der Waals surface area contributed by atoms with E-state index in [1.807, 2.05) is 58.2 Å². The van der Waals surface area contributed by atoms with Gasteiger partial charge in [-0.25, -0.2) is 4.68 Å². The maximum absolute atomic E-state index is 12.3. The van der Waals surface area contributed by atoms with Gasteiger partial charge in [0.15, 0.2) is 0 Å². The highest BCUT2D eigenvalue weighted by molar-refractivity contribution is 5.94. The van der Waals surface area contributed by atoms with E-state index >= 15 is 0 Å². The van der Waals surface area contributed by atoms with Crippen molar-refractivity contribution in [2.75, 3.05) is 7.05 Å². The second-order valence-corrected chi connectivity index (χ2v) is 5.54. The minimum atomic E-state index is -0.202. The Balaban J connectivity index is 2.25. The van der Waals surface area contributed by atoms with Crippen LogP contribution in [0.15, 0.2) is 42.7 Å². The summed E-state index contributed by atoms with van der Waals surface area (Å²) in [5.74, 6) is -0.0188. The molecule has 0 unspecified atom stereocenters. The van der Waals surface area contributed by atoms with E-state index in [4.69, 9.17) is 0 Å². The highest BCUT2D eigenvalue weighted by Gasteiger charge is 2.24. The van der Waals surface area contributed by atoms with Gasteiger partial charge in [-0.2, -0.15) is 5.10 Å². The zero-order chi connectivity index (χ0) is 14.0. The van der Waals surface area contributed by atoms with E-state index in [2.05, 4.69) is 5.10 Å². The predicted octanol–water partition coefficient (Wildman–Crippen LogP) is 2.74. The number of para-hydroxylation sites is 1. The van der Waals surface area contributed by atoms with E-state index in [1.54, 1.807) is 22.0 Å². The van der Waals surface area contributed by atoms with Crippen LogP contribution >= 0.6 is 0 Å². The van der Waals surface area contributed by atoms with Crippen molar-refractivity contribution < 1.29 is 4.79 Å². The summed E-state index contributed by atoms with van der Waals surface area (Å²) in [5.41, 5.74) is 1.34. The Hall–Kier alpha value is -2.10. The molecule has 0 aliphatic carbocycles. The molecular weight excluding hydrogens is 238 g/mol. The van der Waals surface area contributed by atoms with Crippen LogP contribution in [0, 0.1) is 0 Å². The topological polar surface area (TPSA) is 38.1 Å². The first kappa shape index (κ1) is 13.3. The summed E-state index contributed by atoms with van der Waals surface area (Å²) < 4.78 is 1.71. The minimum Gasteiger partial charge on any atom is -0.337 e. The monoisotopic (exact) mass is 257 g/mol. The first-order chi connectivity index (χ1) is 8.89. The second kappa shape index (κ2) is 4.88. The summed E-state index contributed by atoms with van der Waals surface area (Å²) in [6, 6.07) is 9.75. The van der Waals surface area contributed by atoms with Gasteiger partial charge >= 0.3 is 0 Å². The van der Waals surface area contributed by atoms with Crippen LogP contribution in [0.3, 0.4) is 0 Å². The molecule has 4 nitrogen and oxygen atoms in total. The first-order valence-electron chi connectivity index (χ1n) is 6.28. The largest absolute Gasteiger partial charge is 0.337 e. The molecule has 0 radical (unpaired) electrons. The Morgan fingerprint density at radius 1 is 1.21 bits per heavy atom. The summed E-state index contributed by atoms with van der Waals surface area (Å²) >= 11 is 0. The molecular formula is C15H19N3O. The van der Waals surface area contributed by atoms with E-state index < -0.39 is 0 Å². The number of hydrogen-bond acceptors (Lipinski definition) is 2. The van der Waals surface area contributed by atoms with Crippen molar-refractivity contribution in [1.29, 1.82) is 0 Å². The second-order valence-electron chi connectivity index (χ2n) is 5.54. The first-order valence-corrected chi connectivity index (χ1v) is 6.28. The fourth-order valence-corrected chi connectivity index (χ4v) is 1.65. The molecule has 0 bridgehead atoms. The van der Waals surface area contributed by atoms with Crippen molar-refractivity contribution in [1.82, 2.24) is 14.7 Å². The van der Waals surface area contributed by atoms with Gasteiger partial charge in [0.2, 0.25) is 0 Å². The van der Waals surface area contributed by atoms with Crippen molar-refractivity contribution in [3.8, 4) is 5.69 Å². The molecule has 0 saturated heterocycles. The number of rotatable bonds is 2. The Bertz CT molecular complexity index is 567. The Kier molecular flexibility index (Phi) is 3.42. The highest BCUT2D eigenvalue weighted by Crippen LogP contribution is 2.15. The SMILES string of the molecule is CN(C(=O)c1cnn(-c2ccccc2)c1)C(C)(C)C. The van der Waals surface area contributed by atoms with Gasteiger partial charge in [0.1, 0.15) is 0 Å². The number of carbonyl (C=O) groups excluding carboxylic acids is 1. The molecule has 19 heavy (non-hydrogen) atoms. The van der Waals surface area contributed by atoms with Crippen LogP contribution in [0.2, 0.25) is 0 Å². The summed E-state index contributed by atoms with van der Waals surface area (Å²) in [6.45, 7) is 6.02. The Morgan fingerprint density at radius 3 is 2.42 bits per heavy atom. The normalized spacial score (nSPS) is 11.4. The van der Waals surface area contributed by atoms with Gasteiger partial charge in [-0.3, -0.25) is 4.79 Å². The molecule has 1 aromatic heterocycles. The standard InChI is InChI=1S/C15H19N3O/c1-15(2,3)17(4)14(19)12-10-16-18(11-12)13-8-6-5-7-9-13/h5-11H,1-4H3. The van der Waals surface area contributed by atoms with Gasteiger partial charge in [0, 0.05) is 18.8 Å². The molecule has 4 heteroatoms. The molecule has 1 amide bonds. The number of aromatic nitrogens is 2. The molecule has 100 valence electrons. The van der Waals surface area contributed by atoms with Crippen molar-refractivity contribution in [2.45, 2.75) is 26.3 Å². The lowest BCUT2D eigenvalue weighted by molar-refractivity contribution is 0.0656. The van der Waals surface area contributed by atoms with Crippen molar-refractivity contribution in [3.05, 3.63) is 48.3 Å². The van der Waals surface area contributed by atoms with Gasteiger partial charge in [-0.15, -0.1) is 0 Å². The third kappa shape index (κ3) is 2.84. The molecule has 0 atom stereocenters. The molecule has 2 rings (SSSR count). The number of benzene rings is 1. The maximum Gasteiger partial charge on any atom is 0.257 e. The molecule has 2 aromatic rings. The van der Waals surface area contributed by atoms with Crippen molar-refractivity contribution in [2.24, 2.45) is 0 Å². The Labute approximate surface area is 113 Å². The van der Waals surface area contributed by atoms with Crippen LogP contribution in [-0.2, 0) is 0 Å². The molecule has 1 heterocycles. The fourth-order valence-electron chi connectivity index (χ4n) is 1.65. The average Bonchev–Trinajstić information content (AvgIpc) is 2.86. The minimum absolute atomic E-state index is 0.0188. The van der Waals surface area contributed by atoms with Crippen LogP contribution < -0.4 is 0 Å². The van der Waals surface area contributed by atoms with Gasteiger partial charge in [-0.1, -0.05) is 18.2 Å². The van der Waals surface area contributed by atoms with Gasteiger partial charge in [-0.05, 0) is 32.9 Å².